The van der Waals surface area contributed by atoms with Gasteiger partial charge in [0.15, 0.2) is 0 Å². The van der Waals surface area contributed by atoms with E-state index in [0.717, 1.165) is 32.4 Å². The van der Waals surface area contributed by atoms with Crippen LogP contribution in [0.15, 0.2) is 0 Å². The molecular weight excluding hydrogens is 270 g/mol. The first kappa shape index (κ1) is 17.9. The summed E-state index contributed by atoms with van der Waals surface area (Å²) in [6.45, 7) is 5.72. The predicted molar refractivity (Wildman–Crippen MR) is 82.0 cm³/mol. The molecule has 1 rings (SSSR count). The zero-order valence-corrected chi connectivity index (χ0v) is 13.6. The molecule has 1 fully saturated rings. The second kappa shape index (κ2) is 9.73. The van der Waals surface area contributed by atoms with E-state index in [-0.39, 0.29) is 17.7 Å². The summed E-state index contributed by atoms with van der Waals surface area (Å²) in [5.74, 6) is 0.224. The van der Waals surface area contributed by atoms with Gasteiger partial charge < -0.3 is 19.9 Å². The smallest absolute Gasteiger partial charge is 0.223 e. The molecule has 6 nitrogen and oxygen atoms in total. The Morgan fingerprint density at radius 1 is 1.14 bits per heavy atom. The Kier molecular flexibility index (Phi) is 8.30. The second-order valence-electron chi connectivity index (χ2n) is 5.84. The highest BCUT2D eigenvalue weighted by Crippen LogP contribution is 2.14. The number of hydrogen-bond donors (Lipinski definition) is 1. The second-order valence-corrected chi connectivity index (χ2v) is 5.84. The van der Waals surface area contributed by atoms with Crippen LogP contribution in [0.2, 0.25) is 0 Å². The van der Waals surface area contributed by atoms with Crippen molar-refractivity contribution in [1.29, 1.82) is 0 Å². The van der Waals surface area contributed by atoms with Crippen LogP contribution in [0.1, 0.15) is 26.2 Å². The molecule has 0 radical (unpaired) electrons. The number of hydrogen-bond acceptors (Lipinski definition) is 4. The number of amides is 2. The van der Waals surface area contributed by atoms with Crippen LogP contribution in [0.25, 0.3) is 0 Å². The minimum Gasteiger partial charge on any atom is -0.381 e. The fraction of sp³-hybridized carbons (Fsp3) is 0.867. The maximum Gasteiger partial charge on any atom is 0.223 e. The monoisotopic (exact) mass is 299 g/mol. The molecule has 1 N–H and O–H groups in total. The average molecular weight is 299 g/mol. The van der Waals surface area contributed by atoms with E-state index in [1.807, 2.05) is 14.1 Å². The largest absolute Gasteiger partial charge is 0.381 e. The minimum absolute atomic E-state index is 0.0640. The summed E-state index contributed by atoms with van der Waals surface area (Å²) in [4.78, 5) is 27.5. The van der Waals surface area contributed by atoms with Gasteiger partial charge in [-0.25, -0.2) is 0 Å². The summed E-state index contributed by atoms with van der Waals surface area (Å²) in [7, 11) is 4.04. The Labute approximate surface area is 127 Å². The molecule has 1 aliphatic rings. The molecule has 122 valence electrons. The van der Waals surface area contributed by atoms with Crippen LogP contribution in [0.4, 0.5) is 0 Å². The van der Waals surface area contributed by atoms with Crippen LogP contribution in [0, 0.1) is 5.92 Å². The summed E-state index contributed by atoms with van der Waals surface area (Å²) in [6.07, 6.45) is 2.54. The van der Waals surface area contributed by atoms with Crippen molar-refractivity contribution in [2.24, 2.45) is 5.92 Å². The summed E-state index contributed by atoms with van der Waals surface area (Å²) in [5, 5.41) is 2.94. The van der Waals surface area contributed by atoms with Gasteiger partial charge in [-0.3, -0.25) is 9.59 Å². The molecule has 0 saturated carbocycles. The molecule has 2 amide bonds. The lowest BCUT2D eigenvalue weighted by Gasteiger charge is -2.24. The van der Waals surface area contributed by atoms with Crippen LogP contribution >= 0.6 is 0 Å². The summed E-state index contributed by atoms with van der Waals surface area (Å²) in [6, 6.07) is 0. The highest BCUT2D eigenvalue weighted by atomic mass is 16.5. The highest BCUT2D eigenvalue weighted by Gasteiger charge is 2.21. The molecule has 0 unspecified atom stereocenters. The van der Waals surface area contributed by atoms with Crippen LogP contribution in [-0.4, -0.2) is 75.1 Å². The summed E-state index contributed by atoms with van der Waals surface area (Å²) >= 11 is 0. The third-order valence-electron chi connectivity index (χ3n) is 3.75. The van der Waals surface area contributed by atoms with E-state index in [9.17, 15) is 9.59 Å². The average Bonchev–Trinajstić information content (AvgIpc) is 2.45. The van der Waals surface area contributed by atoms with Gasteiger partial charge in [-0.15, -0.1) is 0 Å². The molecular formula is C15H29N3O3. The van der Waals surface area contributed by atoms with E-state index in [4.69, 9.17) is 4.74 Å². The van der Waals surface area contributed by atoms with Gasteiger partial charge in [0.2, 0.25) is 11.8 Å². The summed E-state index contributed by atoms with van der Waals surface area (Å²) < 4.78 is 5.25. The van der Waals surface area contributed by atoms with E-state index in [0.29, 0.717) is 26.3 Å². The van der Waals surface area contributed by atoms with Crippen molar-refractivity contribution < 1.29 is 14.3 Å². The normalized spacial score (nSPS) is 16.0. The van der Waals surface area contributed by atoms with Gasteiger partial charge in [0, 0.05) is 45.7 Å². The first-order valence-electron chi connectivity index (χ1n) is 7.76. The zero-order valence-electron chi connectivity index (χ0n) is 13.6. The van der Waals surface area contributed by atoms with E-state index >= 15 is 0 Å². The van der Waals surface area contributed by atoms with Crippen LogP contribution < -0.4 is 5.32 Å². The molecule has 0 atom stereocenters. The molecule has 0 bridgehead atoms. The number of carbonyl (C=O) groups excluding carboxylic acids is 2. The number of carbonyl (C=O) groups is 2. The van der Waals surface area contributed by atoms with Gasteiger partial charge in [-0.05, 0) is 39.9 Å². The van der Waals surface area contributed by atoms with Crippen molar-refractivity contribution in [1.82, 2.24) is 15.1 Å². The Bertz CT molecular complexity index is 328. The van der Waals surface area contributed by atoms with Crippen molar-refractivity contribution in [2.75, 3.05) is 53.5 Å². The van der Waals surface area contributed by atoms with Crippen LogP contribution in [0.3, 0.4) is 0 Å². The number of nitrogens with zero attached hydrogens (tertiary/aromatic N) is 2. The Balaban J connectivity index is 2.22. The topological polar surface area (TPSA) is 61.9 Å². The first-order chi connectivity index (χ1) is 10.0. The van der Waals surface area contributed by atoms with Crippen LogP contribution in [0.5, 0.6) is 0 Å². The predicted octanol–water partition coefficient (Wildman–Crippen LogP) is 0.329. The summed E-state index contributed by atoms with van der Waals surface area (Å²) in [5.41, 5.74) is 0. The molecule has 1 heterocycles. The quantitative estimate of drug-likeness (QED) is 0.701. The van der Waals surface area contributed by atoms with Crippen LogP contribution in [-0.2, 0) is 14.3 Å². The van der Waals surface area contributed by atoms with Gasteiger partial charge in [-0.2, -0.15) is 0 Å². The Morgan fingerprint density at radius 3 is 2.38 bits per heavy atom. The van der Waals surface area contributed by atoms with Gasteiger partial charge in [0.05, 0.1) is 0 Å². The maximum atomic E-state index is 12.0. The lowest BCUT2D eigenvalue weighted by atomic mass is 9.99. The van der Waals surface area contributed by atoms with E-state index in [2.05, 4.69) is 10.2 Å². The van der Waals surface area contributed by atoms with Gasteiger partial charge in [0.25, 0.3) is 0 Å². The number of rotatable bonds is 8. The van der Waals surface area contributed by atoms with Crippen molar-refractivity contribution in [3.05, 3.63) is 0 Å². The van der Waals surface area contributed by atoms with Crippen molar-refractivity contribution in [3.63, 3.8) is 0 Å². The first-order valence-corrected chi connectivity index (χ1v) is 7.76. The van der Waals surface area contributed by atoms with Crippen molar-refractivity contribution in [2.45, 2.75) is 26.2 Å². The van der Waals surface area contributed by atoms with Gasteiger partial charge in [-0.1, -0.05) is 0 Å². The maximum absolute atomic E-state index is 12.0. The lowest BCUT2D eigenvalue weighted by molar-refractivity contribution is -0.131. The Morgan fingerprint density at radius 2 is 1.81 bits per heavy atom. The van der Waals surface area contributed by atoms with Gasteiger partial charge in [0.1, 0.15) is 0 Å². The third kappa shape index (κ3) is 7.43. The third-order valence-corrected chi connectivity index (χ3v) is 3.75. The SMILES string of the molecule is CC(=O)N(CCCN(C)C)CCNC(=O)C1CCOCC1. The standard InChI is InChI=1S/C15H29N3O3/c1-13(19)18(9-4-8-17(2)3)10-7-16-15(20)14-5-11-21-12-6-14/h14H,4-12H2,1-3H3,(H,16,20). The van der Waals surface area contributed by atoms with Crippen molar-refractivity contribution >= 4 is 11.8 Å². The van der Waals surface area contributed by atoms with Crippen molar-refractivity contribution in [3.8, 4) is 0 Å². The molecule has 1 aliphatic heterocycles. The molecule has 0 aromatic rings. The number of nitrogens with one attached hydrogen (secondary N) is 1. The van der Waals surface area contributed by atoms with E-state index in [1.54, 1.807) is 11.8 Å². The minimum atomic E-state index is 0.0640. The fourth-order valence-corrected chi connectivity index (χ4v) is 2.42. The molecule has 0 aromatic carbocycles. The van der Waals surface area contributed by atoms with Gasteiger partial charge >= 0.3 is 0 Å². The lowest BCUT2D eigenvalue weighted by Crippen LogP contribution is -2.41. The molecule has 0 aromatic heterocycles. The molecule has 1 saturated heterocycles. The van der Waals surface area contributed by atoms with E-state index < -0.39 is 0 Å². The number of ether oxygens (including phenoxy) is 1. The fourth-order valence-electron chi connectivity index (χ4n) is 2.42. The highest BCUT2D eigenvalue weighted by molar-refractivity contribution is 5.78. The zero-order chi connectivity index (χ0) is 15.7. The molecule has 21 heavy (non-hydrogen) atoms. The molecule has 0 aliphatic carbocycles. The van der Waals surface area contributed by atoms with E-state index in [1.165, 1.54) is 0 Å². The molecule has 0 spiro atoms. The molecule has 6 heteroatoms. The Hall–Kier alpha value is -1.14.